The molecule has 0 radical (unpaired) electrons. The van der Waals surface area contributed by atoms with Crippen molar-refractivity contribution in [2.75, 3.05) is 66.8 Å². The summed E-state index contributed by atoms with van der Waals surface area (Å²) in [4.78, 5) is 87.3. The molecule has 27 heteroatoms. The van der Waals surface area contributed by atoms with E-state index in [0.29, 0.717) is 54.9 Å². The second-order valence-electron chi connectivity index (χ2n) is 22.1. The number of aliphatic hydroxyl groups excluding tert-OH is 1. The van der Waals surface area contributed by atoms with Crippen LogP contribution >= 0.6 is 162 Å². The van der Waals surface area contributed by atoms with Gasteiger partial charge in [-0.1, -0.05) is 189 Å². The molecule has 0 saturated heterocycles. The van der Waals surface area contributed by atoms with Crippen LogP contribution in [0.2, 0.25) is 0 Å². The van der Waals surface area contributed by atoms with Crippen LogP contribution in [0.25, 0.3) is 0 Å². The van der Waals surface area contributed by atoms with Crippen LogP contribution in [0.15, 0.2) is 152 Å². The third-order valence-corrected chi connectivity index (χ3v) is 15.9. The van der Waals surface area contributed by atoms with Crippen LogP contribution in [0.1, 0.15) is 152 Å². The third kappa shape index (κ3) is 36.2. The Morgan fingerprint density at radius 3 is 1.05 bits per heavy atom. The summed E-state index contributed by atoms with van der Waals surface area (Å²) in [6.07, 6.45) is 12.6. The summed E-state index contributed by atoms with van der Waals surface area (Å²) in [6, 6.07) is 46.7. The number of carboxylic acids is 2. The number of esters is 3. The Labute approximate surface area is 711 Å². The summed E-state index contributed by atoms with van der Waals surface area (Å²) in [5.74, 6) is -2.66. The Morgan fingerprint density at radius 1 is 0.433 bits per heavy atom. The number of halogens is 8. The van der Waals surface area contributed by atoms with E-state index in [-0.39, 0.29) is 61.2 Å². The van der Waals surface area contributed by atoms with Crippen molar-refractivity contribution in [3.63, 3.8) is 0 Å². The van der Waals surface area contributed by atoms with E-state index >= 15 is 0 Å². The van der Waals surface area contributed by atoms with E-state index in [1.54, 1.807) is 40.1 Å². The number of aliphatic hydroxyl groups is 1. The van der Waals surface area contributed by atoms with Crippen LogP contribution < -0.4 is 5.32 Å². The summed E-state index contributed by atoms with van der Waals surface area (Å²) in [5, 5.41) is 28.1. The minimum atomic E-state index is -0.962. The standard InChI is InChI=1S/C19H19NO4.C18H17NO4.C12H14O2.C11H13NO2.C11H12O2.CH3Cl.CH2I2.2CH3I.CH4O.CH4.3HI.V/c1-23-18(21)16-8-7-15-9-10-20(12-17(15)11-16)19(22)24-13-14-5-3-2-4-6-14;20-17(21)15-7-6-14-8-9-19(11-16(14)10-15)18(22)23-12-13-4-2-1-3-5-13;1-14-12(13)11-7-6-9-4-2-3-5-10(9)8-11;1-14-11(13)9-3-2-8-4-5-12-7-10(8)6-9;12-11(13)10-6-5-8-3-1-2-4-9(8)7-10;1-2;2-1-3;3*1-2;;;;;/h2-8,11H,9-10,12-13H2,1H3;1-7,10H,8-9,11-12H2,(H,20,21);6-8H,2-5H2,1H3;2-3,6,12H,4-5,7H2,1H3;5-7H,1-4H2,(H,12,13);1H3;1H2;2*1H3;2H,1H3;1H4;3*1H;/q;;;;;;;;;;;;;;+3/p-3. The molecule has 0 atom stereocenters. The summed E-state index contributed by atoms with van der Waals surface area (Å²) in [7, 11) is 5.18. The predicted molar refractivity (Wildman–Crippen MR) is 472 cm³/mol. The van der Waals surface area contributed by atoms with E-state index in [9.17, 15) is 33.6 Å². The maximum absolute atomic E-state index is 12.3. The number of amides is 2. The number of carboxylic acid groups (broad SMARTS) is 2. The molecule has 568 valence electrons. The number of hydrogen-bond acceptors (Lipinski definition) is 14. The maximum atomic E-state index is 12.3. The number of rotatable bonds is 9. The molecule has 3 aliphatic heterocycles. The minimum absolute atomic E-state index is 0. The topological polar surface area (TPSA) is 245 Å². The average Bonchev–Trinajstić information content (AvgIpc) is 0.826. The zero-order chi connectivity index (χ0) is 76.7. The summed E-state index contributed by atoms with van der Waals surface area (Å²) < 4.78 is 26.0. The van der Waals surface area contributed by atoms with Crippen molar-refractivity contribution >= 4 is 204 Å². The van der Waals surface area contributed by atoms with Gasteiger partial charge in [0.05, 0.1) is 51.6 Å². The van der Waals surface area contributed by atoms with Gasteiger partial charge in [0.2, 0.25) is 0 Å². The van der Waals surface area contributed by atoms with Gasteiger partial charge in [-0.15, -0.1) is 11.6 Å². The number of ether oxygens (including phenoxy) is 5. The van der Waals surface area contributed by atoms with Gasteiger partial charge in [-0.25, -0.2) is 33.6 Å². The zero-order valence-corrected chi connectivity index (χ0v) is 75.9. The molecule has 7 aromatic rings. The van der Waals surface area contributed by atoms with E-state index < -0.39 is 11.9 Å². The average molecular weight is 2280 g/mol. The van der Waals surface area contributed by atoms with Crippen LogP contribution in [0.5, 0.6) is 0 Å². The predicted octanol–water partition coefficient (Wildman–Crippen LogP) is 19.7. The van der Waals surface area contributed by atoms with Crippen molar-refractivity contribution in [3.05, 3.63) is 246 Å². The van der Waals surface area contributed by atoms with Crippen LogP contribution in [0, 0.1) is 0 Å². The van der Waals surface area contributed by atoms with Gasteiger partial charge in [-0.2, -0.15) is 0 Å². The van der Waals surface area contributed by atoms with Gasteiger partial charge in [0.25, 0.3) is 0 Å². The fourth-order valence-corrected chi connectivity index (χ4v) is 11.0. The van der Waals surface area contributed by atoms with E-state index in [0.717, 1.165) is 92.1 Å². The van der Waals surface area contributed by atoms with Crippen molar-refractivity contribution in [1.82, 2.24) is 15.1 Å². The summed E-state index contributed by atoms with van der Waals surface area (Å²) in [5.41, 5.74) is 16.2. The molecule has 12 rings (SSSR count). The van der Waals surface area contributed by atoms with Crippen LogP contribution in [0.4, 0.5) is 9.59 Å². The monoisotopic (exact) mass is 2270 g/mol. The van der Waals surface area contributed by atoms with Gasteiger partial charge in [-0.3, -0.25) is 0 Å². The first kappa shape index (κ1) is 98.3. The van der Waals surface area contributed by atoms with E-state index in [1.807, 2.05) is 125 Å². The van der Waals surface area contributed by atoms with Gasteiger partial charge in [-0.05, 0) is 214 Å². The Hall–Kier alpha value is -3.67. The van der Waals surface area contributed by atoms with E-state index in [2.05, 4.69) is 183 Å². The fraction of sp³-hybridized carbons (Fsp3) is 0.364. The van der Waals surface area contributed by atoms with Gasteiger partial charge in [0.1, 0.15) is 13.2 Å². The molecule has 0 aromatic heterocycles. The number of aryl methyl sites for hydroxylation is 4. The Kier molecular flexibility index (Phi) is 55.1. The first-order chi connectivity index (χ1) is 49.8. The van der Waals surface area contributed by atoms with Crippen LogP contribution in [0.3, 0.4) is 0 Å². The number of nitrogens with zero attached hydrogens (tertiary/aromatic N) is 2. The number of carbonyl (C=O) groups excluding carboxylic acids is 5. The molecular formula is C77H94ClI7N3O15V. The number of benzene rings is 7. The quantitative estimate of drug-likeness (QED) is 0.0454. The molecule has 4 N–H and O–H groups in total. The SMILES string of the molecule is C.CCl.CI.CI.CO.COC(=O)c1ccc2c(c1)CCCC2.COC(=O)c1ccc2c(c1)CN(C(=O)OCc1ccccc1)CC2.COC(=O)c1ccc2c(c1)CNCC2.ICI.O=C(O)c1ccc2c(c1)CCCC2.O=C(O)c1ccc2c(c1)CN(C(=O)OCc1ccccc1)CC2.[I][V]([I])[I]. The molecule has 2 aliphatic carbocycles. The van der Waals surface area contributed by atoms with Gasteiger partial charge in [0, 0.05) is 46.2 Å². The van der Waals surface area contributed by atoms with Crippen LogP contribution in [-0.2, 0) is 106 Å². The molecule has 3 heterocycles. The number of methoxy groups -OCH3 is 3. The molecule has 7 aromatic carbocycles. The van der Waals surface area contributed by atoms with Gasteiger partial charge in [0.15, 0.2) is 0 Å². The third-order valence-electron chi connectivity index (χ3n) is 15.9. The van der Waals surface area contributed by atoms with Crippen molar-refractivity contribution in [2.24, 2.45) is 0 Å². The number of fused-ring (bicyclic) bond motifs is 5. The number of nitrogens with one attached hydrogen (secondary N) is 1. The molecule has 2 amide bonds. The van der Waals surface area contributed by atoms with Crippen molar-refractivity contribution in [1.29, 1.82) is 0 Å². The summed E-state index contributed by atoms with van der Waals surface area (Å²) >= 11 is 20.9. The fourth-order valence-electron chi connectivity index (χ4n) is 11.0. The molecule has 5 aliphatic rings. The molecule has 18 nitrogen and oxygen atoms in total. The first-order valence-corrected chi connectivity index (χ1v) is 53.9. The van der Waals surface area contributed by atoms with Crippen molar-refractivity contribution in [2.45, 2.75) is 111 Å². The molecular weight excluding hydrogens is 2180 g/mol. The number of hydrogen-bond donors (Lipinski definition) is 4. The number of alkyl halides is 5. The number of carbonyl (C=O) groups is 7. The van der Waals surface area contributed by atoms with Crippen molar-refractivity contribution in [3.8, 4) is 0 Å². The summed E-state index contributed by atoms with van der Waals surface area (Å²) in [6.45, 7) is 4.36. The Bertz CT molecular complexity index is 3640. The van der Waals surface area contributed by atoms with Gasteiger partial charge < -0.3 is 54.1 Å². The van der Waals surface area contributed by atoms with E-state index in [1.165, 1.54) is 89.2 Å². The van der Waals surface area contributed by atoms with Gasteiger partial charge >= 0.3 is 107 Å². The molecule has 0 fully saturated rings. The molecule has 104 heavy (non-hydrogen) atoms. The van der Waals surface area contributed by atoms with Crippen molar-refractivity contribution < 1.29 is 77.5 Å². The number of aromatic carboxylic acids is 2. The second-order valence-corrected chi connectivity index (χ2v) is 61.9. The Morgan fingerprint density at radius 2 is 0.712 bits per heavy atom. The molecule has 0 bridgehead atoms. The Balaban J connectivity index is 0.000000629. The molecule has 0 unspecified atom stereocenters. The van der Waals surface area contributed by atoms with Crippen LogP contribution in [-0.4, -0.2) is 134 Å². The zero-order valence-electron chi connectivity index (χ0n) is 58.7. The first-order valence-electron chi connectivity index (χ1n) is 32.2. The second kappa shape index (κ2) is 58.3. The molecule has 0 saturated carbocycles. The molecule has 0 spiro atoms. The normalized spacial score (nSPS) is 12.5. The van der Waals surface area contributed by atoms with E-state index in [4.69, 9.17) is 29.5 Å².